The minimum absolute atomic E-state index is 0.463. The van der Waals surface area contributed by atoms with Crippen molar-refractivity contribution < 1.29 is 4.74 Å². The van der Waals surface area contributed by atoms with Crippen LogP contribution in [0.2, 0.25) is 0 Å². The Bertz CT molecular complexity index is 490. The molecule has 0 bridgehead atoms. The molecular formula is C12H9ClINO. The third-order valence-corrected chi connectivity index (χ3v) is 3.20. The van der Waals surface area contributed by atoms with E-state index in [1.807, 2.05) is 36.4 Å². The summed E-state index contributed by atoms with van der Waals surface area (Å²) in [7, 11) is 0. The average molecular weight is 346 g/mol. The van der Waals surface area contributed by atoms with Crippen molar-refractivity contribution in [3.05, 3.63) is 51.7 Å². The zero-order valence-corrected chi connectivity index (χ0v) is 11.3. The summed E-state index contributed by atoms with van der Waals surface area (Å²) < 4.78 is 6.73. The summed E-state index contributed by atoms with van der Waals surface area (Å²) in [6.45, 7) is 0. The standard InChI is InChI=1S/C12H9ClINO/c13-8-9-5-6-15-12(7-9)16-11-4-2-1-3-10(11)14/h1-7H,8H2. The molecule has 0 saturated carbocycles. The number of aromatic nitrogens is 1. The zero-order valence-electron chi connectivity index (χ0n) is 8.36. The fourth-order valence-corrected chi connectivity index (χ4v) is 1.89. The van der Waals surface area contributed by atoms with Gasteiger partial charge in [0.05, 0.1) is 3.57 Å². The fourth-order valence-electron chi connectivity index (χ4n) is 1.23. The molecule has 4 heteroatoms. The number of rotatable bonds is 3. The molecule has 0 aliphatic carbocycles. The van der Waals surface area contributed by atoms with Crippen molar-refractivity contribution in [3.8, 4) is 11.6 Å². The number of benzene rings is 1. The van der Waals surface area contributed by atoms with Gasteiger partial charge < -0.3 is 4.74 Å². The molecule has 0 atom stereocenters. The number of hydrogen-bond acceptors (Lipinski definition) is 2. The lowest BCUT2D eigenvalue weighted by Crippen LogP contribution is -1.90. The third kappa shape index (κ3) is 2.86. The van der Waals surface area contributed by atoms with Gasteiger partial charge in [-0.2, -0.15) is 0 Å². The topological polar surface area (TPSA) is 22.1 Å². The maximum absolute atomic E-state index is 5.75. The first-order chi connectivity index (χ1) is 7.79. The Balaban J connectivity index is 2.24. The Morgan fingerprint density at radius 2 is 2.06 bits per heavy atom. The highest BCUT2D eigenvalue weighted by Crippen LogP contribution is 2.25. The Hall–Kier alpha value is -0.810. The van der Waals surface area contributed by atoms with E-state index in [2.05, 4.69) is 27.6 Å². The Morgan fingerprint density at radius 3 is 2.81 bits per heavy atom. The van der Waals surface area contributed by atoms with Crippen molar-refractivity contribution in [2.75, 3.05) is 0 Å². The molecule has 2 rings (SSSR count). The van der Waals surface area contributed by atoms with E-state index < -0.39 is 0 Å². The van der Waals surface area contributed by atoms with Gasteiger partial charge in [0.1, 0.15) is 5.75 Å². The van der Waals surface area contributed by atoms with E-state index in [1.54, 1.807) is 6.20 Å². The maximum atomic E-state index is 5.75. The maximum Gasteiger partial charge on any atom is 0.219 e. The summed E-state index contributed by atoms with van der Waals surface area (Å²) in [5, 5.41) is 0. The molecule has 0 saturated heterocycles. The summed E-state index contributed by atoms with van der Waals surface area (Å²) >= 11 is 7.97. The van der Waals surface area contributed by atoms with Gasteiger partial charge in [0.25, 0.3) is 0 Å². The van der Waals surface area contributed by atoms with Crippen molar-refractivity contribution in [1.29, 1.82) is 0 Å². The van der Waals surface area contributed by atoms with Crippen LogP contribution in [0.1, 0.15) is 5.56 Å². The van der Waals surface area contributed by atoms with E-state index >= 15 is 0 Å². The normalized spacial score (nSPS) is 10.1. The number of ether oxygens (including phenoxy) is 1. The molecule has 0 spiro atoms. The summed E-state index contributed by atoms with van der Waals surface area (Å²) in [6, 6.07) is 11.5. The van der Waals surface area contributed by atoms with Crippen molar-refractivity contribution in [1.82, 2.24) is 4.98 Å². The third-order valence-electron chi connectivity index (χ3n) is 2.00. The van der Waals surface area contributed by atoms with Gasteiger partial charge in [-0.3, -0.25) is 0 Å². The monoisotopic (exact) mass is 345 g/mol. The zero-order chi connectivity index (χ0) is 11.4. The second-order valence-electron chi connectivity index (χ2n) is 3.17. The molecule has 0 aliphatic rings. The summed E-state index contributed by atoms with van der Waals surface area (Å²) in [5.41, 5.74) is 0.998. The fraction of sp³-hybridized carbons (Fsp3) is 0.0833. The lowest BCUT2D eigenvalue weighted by atomic mass is 10.3. The summed E-state index contributed by atoms with van der Waals surface area (Å²) in [5.74, 6) is 1.84. The highest BCUT2D eigenvalue weighted by atomic mass is 127. The molecule has 2 nitrogen and oxygen atoms in total. The molecule has 1 aromatic heterocycles. The number of hydrogen-bond donors (Lipinski definition) is 0. The SMILES string of the molecule is ClCc1ccnc(Oc2ccccc2I)c1. The molecule has 0 fully saturated rings. The van der Waals surface area contributed by atoms with Crippen LogP contribution in [0.3, 0.4) is 0 Å². The highest BCUT2D eigenvalue weighted by molar-refractivity contribution is 14.1. The predicted molar refractivity (Wildman–Crippen MR) is 73.0 cm³/mol. The first-order valence-electron chi connectivity index (χ1n) is 4.73. The number of nitrogens with zero attached hydrogens (tertiary/aromatic N) is 1. The average Bonchev–Trinajstić information content (AvgIpc) is 2.32. The van der Waals surface area contributed by atoms with Crippen LogP contribution in [0.15, 0.2) is 42.6 Å². The first kappa shape index (κ1) is 11.7. The predicted octanol–water partition coefficient (Wildman–Crippen LogP) is 4.22. The van der Waals surface area contributed by atoms with Gasteiger partial charge >= 0.3 is 0 Å². The molecule has 0 radical (unpaired) electrons. The van der Waals surface area contributed by atoms with Crippen LogP contribution >= 0.6 is 34.2 Å². The molecule has 1 aromatic carbocycles. The van der Waals surface area contributed by atoms with Crippen molar-refractivity contribution in [2.45, 2.75) is 5.88 Å². The highest BCUT2D eigenvalue weighted by Gasteiger charge is 2.02. The largest absolute Gasteiger partial charge is 0.438 e. The van der Waals surface area contributed by atoms with Crippen LogP contribution in [0.5, 0.6) is 11.6 Å². The Labute approximate surface area is 113 Å². The van der Waals surface area contributed by atoms with Crippen molar-refractivity contribution in [3.63, 3.8) is 0 Å². The molecule has 2 aromatic rings. The lowest BCUT2D eigenvalue weighted by Gasteiger charge is -2.06. The van der Waals surface area contributed by atoms with Crippen LogP contribution in [-0.4, -0.2) is 4.98 Å². The smallest absolute Gasteiger partial charge is 0.219 e. The van der Waals surface area contributed by atoms with Crippen LogP contribution in [0, 0.1) is 3.57 Å². The minimum Gasteiger partial charge on any atom is -0.438 e. The van der Waals surface area contributed by atoms with Gasteiger partial charge in [-0.05, 0) is 46.4 Å². The second-order valence-corrected chi connectivity index (χ2v) is 4.60. The van der Waals surface area contributed by atoms with Gasteiger partial charge in [-0.25, -0.2) is 4.98 Å². The lowest BCUT2D eigenvalue weighted by molar-refractivity contribution is 0.459. The van der Waals surface area contributed by atoms with Crippen molar-refractivity contribution in [2.24, 2.45) is 0 Å². The molecule has 0 unspecified atom stereocenters. The van der Waals surface area contributed by atoms with E-state index in [0.29, 0.717) is 11.8 Å². The van der Waals surface area contributed by atoms with E-state index in [4.69, 9.17) is 16.3 Å². The van der Waals surface area contributed by atoms with E-state index in [-0.39, 0.29) is 0 Å². The summed E-state index contributed by atoms with van der Waals surface area (Å²) in [4.78, 5) is 4.14. The van der Waals surface area contributed by atoms with E-state index in [1.165, 1.54) is 0 Å². The van der Waals surface area contributed by atoms with Crippen molar-refractivity contribution >= 4 is 34.2 Å². The number of pyridine rings is 1. The molecule has 82 valence electrons. The number of para-hydroxylation sites is 1. The Morgan fingerprint density at radius 1 is 1.25 bits per heavy atom. The van der Waals surface area contributed by atoms with Gasteiger partial charge in [-0.1, -0.05) is 12.1 Å². The van der Waals surface area contributed by atoms with E-state index in [0.717, 1.165) is 14.9 Å². The quantitative estimate of drug-likeness (QED) is 0.614. The van der Waals surface area contributed by atoms with Crippen LogP contribution in [0.25, 0.3) is 0 Å². The molecule has 0 aliphatic heterocycles. The van der Waals surface area contributed by atoms with Gasteiger partial charge in [-0.15, -0.1) is 11.6 Å². The molecule has 0 N–H and O–H groups in total. The number of halogens is 2. The number of alkyl halides is 1. The first-order valence-corrected chi connectivity index (χ1v) is 6.34. The van der Waals surface area contributed by atoms with Crippen LogP contribution in [-0.2, 0) is 5.88 Å². The van der Waals surface area contributed by atoms with Crippen LogP contribution < -0.4 is 4.74 Å². The molecule has 0 amide bonds. The van der Waals surface area contributed by atoms with Crippen LogP contribution in [0.4, 0.5) is 0 Å². The van der Waals surface area contributed by atoms with Gasteiger partial charge in [0, 0.05) is 18.1 Å². The van der Waals surface area contributed by atoms with Gasteiger partial charge in [0.15, 0.2) is 0 Å². The second kappa shape index (κ2) is 5.50. The van der Waals surface area contributed by atoms with E-state index in [9.17, 15) is 0 Å². The molecule has 1 heterocycles. The summed E-state index contributed by atoms with van der Waals surface area (Å²) in [6.07, 6.45) is 1.70. The van der Waals surface area contributed by atoms with Gasteiger partial charge in [0.2, 0.25) is 5.88 Å². The molecule has 16 heavy (non-hydrogen) atoms. The Kier molecular flexibility index (Phi) is 4.01. The molecular weight excluding hydrogens is 336 g/mol. The minimum atomic E-state index is 0.463.